The van der Waals surface area contributed by atoms with E-state index in [1.54, 1.807) is 0 Å². The van der Waals surface area contributed by atoms with Gasteiger partial charge in [0.25, 0.3) is 0 Å². The van der Waals surface area contributed by atoms with Crippen molar-refractivity contribution in [2.45, 2.75) is 53.0 Å². The van der Waals surface area contributed by atoms with E-state index < -0.39 is 12.0 Å². The Morgan fingerprint density at radius 2 is 1.70 bits per heavy atom. The van der Waals surface area contributed by atoms with Crippen LogP contribution < -0.4 is 5.32 Å². The van der Waals surface area contributed by atoms with Crippen LogP contribution in [0.5, 0.6) is 0 Å². The summed E-state index contributed by atoms with van der Waals surface area (Å²) < 4.78 is 4.77. The van der Waals surface area contributed by atoms with Crippen LogP contribution >= 0.6 is 0 Å². The molecule has 2 amide bonds. The van der Waals surface area contributed by atoms with E-state index in [1.165, 1.54) is 7.11 Å². The summed E-state index contributed by atoms with van der Waals surface area (Å²) in [5.41, 5.74) is 0. The average molecular weight is 326 g/mol. The number of nitrogens with one attached hydrogen (secondary N) is 1. The van der Waals surface area contributed by atoms with E-state index in [-0.39, 0.29) is 29.6 Å². The predicted molar refractivity (Wildman–Crippen MR) is 87.5 cm³/mol. The van der Waals surface area contributed by atoms with E-state index in [2.05, 4.69) is 5.32 Å². The predicted octanol–water partition coefficient (Wildman–Crippen LogP) is 1.58. The Labute approximate surface area is 138 Å². The Morgan fingerprint density at radius 1 is 1.13 bits per heavy atom. The van der Waals surface area contributed by atoms with Gasteiger partial charge in [0.05, 0.1) is 7.11 Å². The number of esters is 1. The Balaban J connectivity index is 2.55. The van der Waals surface area contributed by atoms with Crippen molar-refractivity contribution in [2.75, 3.05) is 20.2 Å². The van der Waals surface area contributed by atoms with E-state index >= 15 is 0 Å². The maximum absolute atomic E-state index is 12.4. The first-order chi connectivity index (χ1) is 10.8. The summed E-state index contributed by atoms with van der Waals surface area (Å²) in [4.78, 5) is 38.0. The van der Waals surface area contributed by atoms with Crippen LogP contribution in [0.1, 0.15) is 47.0 Å². The van der Waals surface area contributed by atoms with Gasteiger partial charge in [0.2, 0.25) is 11.8 Å². The number of carbonyl (C=O) groups is 3. The van der Waals surface area contributed by atoms with Crippen molar-refractivity contribution in [1.29, 1.82) is 0 Å². The van der Waals surface area contributed by atoms with E-state index in [4.69, 9.17) is 4.74 Å². The van der Waals surface area contributed by atoms with Crippen LogP contribution in [0.15, 0.2) is 0 Å². The summed E-state index contributed by atoms with van der Waals surface area (Å²) >= 11 is 0. The molecule has 0 bridgehead atoms. The Morgan fingerprint density at radius 3 is 2.13 bits per heavy atom. The minimum absolute atomic E-state index is 0.0184. The van der Waals surface area contributed by atoms with E-state index in [1.807, 2.05) is 32.6 Å². The SMILES string of the molecule is COC(=O)C(CC(C)C)NC(=O)C1CCN(C(=O)C(C)C)CC1. The highest BCUT2D eigenvalue weighted by atomic mass is 16.5. The van der Waals surface area contributed by atoms with Crippen LogP contribution in [-0.2, 0) is 19.1 Å². The molecule has 6 heteroatoms. The van der Waals surface area contributed by atoms with Crippen molar-refractivity contribution in [1.82, 2.24) is 10.2 Å². The average Bonchev–Trinajstić information content (AvgIpc) is 2.52. The quantitative estimate of drug-likeness (QED) is 0.752. The first-order valence-electron chi connectivity index (χ1n) is 8.43. The molecular weight excluding hydrogens is 296 g/mol. The summed E-state index contributed by atoms with van der Waals surface area (Å²) in [7, 11) is 1.33. The molecule has 0 aromatic carbocycles. The third-order valence-corrected chi connectivity index (χ3v) is 4.18. The molecule has 0 aliphatic carbocycles. The van der Waals surface area contributed by atoms with E-state index in [9.17, 15) is 14.4 Å². The van der Waals surface area contributed by atoms with Gasteiger partial charge in [0.1, 0.15) is 6.04 Å². The van der Waals surface area contributed by atoms with Gasteiger partial charge in [-0.1, -0.05) is 27.7 Å². The molecule has 1 rings (SSSR count). The number of hydrogen-bond acceptors (Lipinski definition) is 4. The topological polar surface area (TPSA) is 75.7 Å². The van der Waals surface area contributed by atoms with Gasteiger partial charge >= 0.3 is 5.97 Å². The second-order valence-corrected chi connectivity index (χ2v) is 6.97. The van der Waals surface area contributed by atoms with Gasteiger partial charge in [0.15, 0.2) is 0 Å². The van der Waals surface area contributed by atoms with Crippen LogP contribution in [0.2, 0.25) is 0 Å². The van der Waals surface area contributed by atoms with Crippen molar-refractivity contribution in [3.63, 3.8) is 0 Å². The van der Waals surface area contributed by atoms with Crippen LogP contribution in [0.25, 0.3) is 0 Å². The second kappa shape index (κ2) is 8.89. The summed E-state index contributed by atoms with van der Waals surface area (Å²) in [6.07, 6.45) is 1.84. The molecular formula is C17H30N2O4. The zero-order valence-electron chi connectivity index (χ0n) is 14.9. The number of nitrogens with zero attached hydrogens (tertiary/aromatic N) is 1. The van der Waals surface area contributed by atoms with Crippen molar-refractivity contribution in [3.8, 4) is 0 Å². The van der Waals surface area contributed by atoms with Gasteiger partial charge in [-0.05, 0) is 25.2 Å². The number of likely N-dealkylation sites (tertiary alicyclic amines) is 1. The van der Waals surface area contributed by atoms with Crippen molar-refractivity contribution < 1.29 is 19.1 Å². The fourth-order valence-electron chi connectivity index (χ4n) is 2.84. The third kappa shape index (κ3) is 5.84. The van der Waals surface area contributed by atoms with Crippen molar-refractivity contribution >= 4 is 17.8 Å². The number of hydrogen-bond donors (Lipinski definition) is 1. The molecule has 0 saturated carbocycles. The van der Waals surface area contributed by atoms with Gasteiger partial charge in [-0.25, -0.2) is 4.79 Å². The minimum atomic E-state index is -0.595. The van der Waals surface area contributed by atoms with Gasteiger partial charge in [-0.3, -0.25) is 9.59 Å². The number of rotatable bonds is 6. The van der Waals surface area contributed by atoms with Crippen LogP contribution in [-0.4, -0.2) is 48.9 Å². The Bertz CT molecular complexity index is 426. The first-order valence-corrected chi connectivity index (χ1v) is 8.43. The van der Waals surface area contributed by atoms with Crippen molar-refractivity contribution in [2.24, 2.45) is 17.8 Å². The van der Waals surface area contributed by atoms with Gasteiger partial charge in [-0.15, -0.1) is 0 Å². The van der Waals surface area contributed by atoms with Crippen LogP contribution in [0, 0.1) is 17.8 Å². The fourth-order valence-corrected chi connectivity index (χ4v) is 2.84. The summed E-state index contributed by atoms with van der Waals surface area (Å²) in [5.74, 6) is -0.265. The van der Waals surface area contributed by atoms with E-state index in [0.717, 1.165) is 0 Å². The van der Waals surface area contributed by atoms with Crippen LogP contribution in [0.4, 0.5) is 0 Å². The third-order valence-electron chi connectivity index (χ3n) is 4.18. The fraction of sp³-hybridized carbons (Fsp3) is 0.824. The smallest absolute Gasteiger partial charge is 0.328 e. The molecule has 1 aliphatic rings. The maximum Gasteiger partial charge on any atom is 0.328 e. The number of ether oxygens (including phenoxy) is 1. The van der Waals surface area contributed by atoms with Gasteiger partial charge in [-0.2, -0.15) is 0 Å². The van der Waals surface area contributed by atoms with Crippen molar-refractivity contribution in [3.05, 3.63) is 0 Å². The van der Waals surface area contributed by atoms with Crippen LogP contribution in [0.3, 0.4) is 0 Å². The molecule has 1 fully saturated rings. The number of carbonyl (C=O) groups excluding carboxylic acids is 3. The highest BCUT2D eigenvalue weighted by molar-refractivity contribution is 5.86. The lowest BCUT2D eigenvalue weighted by molar-refractivity contribution is -0.146. The highest BCUT2D eigenvalue weighted by Gasteiger charge is 2.31. The monoisotopic (exact) mass is 326 g/mol. The zero-order chi connectivity index (χ0) is 17.6. The van der Waals surface area contributed by atoms with Gasteiger partial charge < -0.3 is 15.0 Å². The van der Waals surface area contributed by atoms with E-state index in [0.29, 0.717) is 32.4 Å². The molecule has 6 nitrogen and oxygen atoms in total. The molecule has 0 aromatic heterocycles. The lowest BCUT2D eigenvalue weighted by Gasteiger charge is -2.33. The normalized spacial score (nSPS) is 17.3. The molecule has 1 aliphatic heterocycles. The Hall–Kier alpha value is -1.59. The minimum Gasteiger partial charge on any atom is -0.467 e. The summed E-state index contributed by atoms with van der Waals surface area (Å²) in [6.45, 7) is 8.96. The lowest BCUT2D eigenvalue weighted by Crippen LogP contribution is -2.48. The summed E-state index contributed by atoms with van der Waals surface area (Å²) in [6, 6.07) is -0.595. The second-order valence-electron chi connectivity index (χ2n) is 6.97. The zero-order valence-corrected chi connectivity index (χ0v) is 14.9. The highest BCUT2D eigenvalue weighted by Crippen LogP contribution is 2.19. The molecule has 0 radical (unpaired) electrons. The standard InChI is InChI=1S/C17H30N2O4/c1-11(2)10-14(17(22)23-5)18-15(20)13-6-8-19(9-7-13)16(21)12(3)4/h11-14H,6-10H2,1-5H3,(H,18,20). The summed E-state index contributed by atoms with van der Waals surface area (Å²) in [5, 5.41) is 2.82. The largest absolute Gasteiger partial charge is 0.467 e. The first kappa shape index (κ1) is 19.5. The lowest BCUT2D eigenvalue weighted by atomic mass is 9.94. The molecule has 1 saturated heterocycles. The molecule has 132 valence electrons. The molecule has 1 unspecified atom stereocenters. The molecule has 23 heavy (non-hydrogen) atoms. The molecule has 1 atom stereocenters. The number of amides is 2. The molecule has 1 N–H and O–H groups in total. The molecule has 1 heterocycles. The maximum atomic E-state index is 12.4. The van der Waals surface area contributed by atoms with Gasteiger partial charge in [0, 0.05) is 24.9 Å². The number of methoxy groups -OCH3 is 1. The Kier molecular flexibility index (Phi) is 7.52. The molecule has 0 aromatic rings. The number of piperidine rings is 1. The molecule has 0 spiro atoms.